The Morgan fingerprint density at radius 3 is 2.50 bits per heavy atom. The highest BCUT2D eigenvalue weighted by atomic mass is 32.2. The molecule has 6 nitrogen and oxygen atoms in total. The molecule has 1 saturated heterocycles. The lowest BCUT2D eigenvalue weighted by Crippen LogP contribution is -2.48. The van der Waals surface area contributed by atoms with Crippen molar-refractivity contribution < 1.29 is 22.3 Å². The SMILES string of the molecule is O=S(=O)(c1ccc2c(c1)OCO2)N1CCN(Cc2cccc(F)c2)CC1. The van der Waals surface area contributed by atoms with E-state index < -0.39 is 10.0 Å². The van der Waals surface area contributed by atoms with Crippen LogP contribution in [0.4, 0.5) is 4.39 Å². The average Bonchev–Trinajstić information content (AvgIpc) is 3.10. The van der Waals surface area contributed by atoms with Crippen molar-refractivity contribution in [2.24, 2.45) is 0 Å². The first kappa shape index (κ1) is 17.3. The molecule has 2 heterocycles. The van der Waals surface area contributed by atoms with Gasteiger partial charge in [0, 0.05) is 38.8 Å². The highest BCUT2D eigenvalue weighted by Crippen LogP contribution is 2.34. The van der Waals surface area contributed by atoms with E-state index in [2.05, 4.69) is 4.90 Å². The van der Waals surface area contributed by atoms with Gasteiger partial charge in [0.25, 0.3) is 0 Å². The fourth-order valence-electron chi connectivity index (χ4n) is 3.21. The Kier molecular flexibility index (Phi) is 4.56. The Bertz CT molecular complexity index is 911. The van der Waals surface area contributed by atoms with Crippen molar-refractivity contribution in [1.29, 1.82) is 0 Å². The topological polar surface area (TPSA) is 59.1 Å². The summed E-state index contributed by atoms with van der Waals surface area (Å²) in [5, 5.41) is 0. The maximum Gasteiger partial charge on any atom is 0.243 e. The summed E-state index contributed by atoms with van der Waals surface area (Å²) < 4.78 is 51.0. The van der Waals surface area contributed by atoms with Gasteiger partial charge in [-0.25, -0.2) is 12.8 Å². The minimum atomic E-state index is -3.58. The van der Waals surface area contributed by atoms with Crippen LogP contribution >= 0.6 is 0 Å². The van der Waals surface area contributed by atoms with Crippen LogP contribution in [-0.2, 0) is 16.6 Å². The second-order valence-corrected chi connectivity index (χ2v) is 8.26. The summed E-state index contributed by atoms with van der Waals surface area (Å²) in [4.78, 5) is 2.33. The van der Waals surface area contributed by atoms with Crippen molar-refractivity contribution in [3.05, 3.63) is 53.8 Å². The Morgan fingerprint density at radius 1 is 0.962 bits per heavy atom. The molecule has 0 radical (unpaired) electrons. The number of ether oxygens (including phenoxy) is 2. The number of benzene rings is 2. The molecular formula is C18H19FN2O4S. The van der Waals surface area contributed by atoms with Gasteiger partial charge < -0.3 is 9.47 Å². The lowest BCUT2D eigenvalue weighted by Gasteiger charge is -2.34. The van der Waals surface area contributed by atoms with Crippen LogP contribution in [0.25, 0.3) is 0 Å². The summed E-state index contributed by atoms with van der Waals surface area (Å²) in [6.45, 7) is 2.70. The van der Waals surface area contributed by atoms with E-state index in [0.29, 0.717) is 44.2 Å². The summed E-state index contributed by atoms with van der Waals surface area (Å²) in [5.74, 6) is 0.756. The van der Waals surface area contributed by atoms with Crippen LogP contribution < -0.4 is 9.47 Å². The number of hydrogen-bond donors (Lipinski definition) is 0. The number of piperazine rings is 1. The number of nitrogens with zero attached hydrogens (tertiary/aromatic N) is 2. The second kappa shape index (κ2) is 6.86. The highest BCUT2D eigenvalue weighted by molar-refractivity contribution is 7.89. The molecule has 0 N–H and O–H groups in total. The highest BCUT2D eigenvalue weighted by Gasteiger charge is 2.30. The van der Waals surface area contributed by atoms with Crippen LogP contribution in [0, 0.1) is 5.82 Å². The molecule has 2 aromatic rings. The molecule has 8 heteroatoms. The van der Waals surface area contributed by atoms with E-state index in [1.807, 2.05) is 6.07 Å². The minimum absolute atomic E-state index is 0.109. The number of rotatable bonds is 4. The summed E-state index contributed by atoms with van der Waals surface area (Å²) in [7, 11) is -3.58. The monoisotopic (exact) mass is 378 g/mol. The lowest BCUT2D eigenvalue weighted by molar-refractivity contribution is 0.173. The molecule has 0 spiro atoms. The fraction of sp³-hybridized carbons (Fsp3) is 0.333. The molecule has 138 valence electrons. The van der Waals surface area contributed by atoms with Crippen LogP contribution in [0.1, 0.15) is 5.56 Å². The molecule has 0 aromatic heterocycles. The molecule has 2 aliphatic heterocycles. The van der Waals surface area contributed by atoms with Gasteiger partial charge in [0.15, 0.2) is 11.5 Å². The number of hydrogen-bond acceptors (Lipinski definition) is 5. The molecule has 26 heavy (non-hydrogen) atoms. The zero-order chi connectivity index (χ0) is 18.1. The largest absolute Gasteiger partial charge is 0.454 e. The predicted octanol–water partition coefficient (Wildman–Crippen LogP) is 2.06. The molecule has 0 amide bonds. The van der Waals surface area contributed by atoms with Gasteiger partial charge in [0.2, 0.25) is 16.8 Å². The van der Waals surface area contributed by atoms with E-state index in [4.69, 9.17) is 9.47 Å². The number of fused-ring (bicyclic) bond motifs is 1. The summed E-state index contributed by atoms with van der Waals surface area (Å²) >= 11 is 0. The molecule has 0 aliphatic carbocycles. The molecule has 0 atom stereocenters. The normalized spacial score (nSPS) is 18.2. The van der Waals surface area contributed by atoms with Crippen molar-refractivity contribution in [2.75, 3.05) is 33.0 Å². The van der Waals surface area contributed by atoms with E-state index in [0.717, 1.165) is 5.56 Å². The molecular weight excluding hydrogens is 359 g/mol. The maximum atomic E-state index is 13.3. The minimum Gasteiger partial charge on any atom is -0.454 e. The standard InChI is InChI=1S/C18H19FN2O4S/c19-15-3-1-2-14(10-15)12-20-6-8-21(9-7-20)26(22,23)16-4-5-17-18(11-16)25-13-24-17/h1-5,10-11H,6-9,12-13H2. The zero-order valence-electron chi connectivity index (χ0n) is 14.1. The molecule has 1 fully saturated rings. The molecule has 0 saturated carbocycles. The molecule has 2 aromatic carbocycles. The Labute approximate surface area is 151 Å². The van der Waals surface area contributed by atoms with Gasteiger partial charge in [-0.15, -0.1) is 0 Å². The van der Waals surface area contributed by atoms with Gasteiger partial charge in [-0.1, -0.05) is 12.1 Å². The van der Waals surface area contributed by atoms with Crippen molar-refractivity contribution in [1.82, 2.24) is 9.21 Å². The lowest BCUT2D eigenvalue weighted by atomic mass is 10.2. The number of sulfonamides is 1. The summed E-state index contributed by atoms with van der Waals surface area (Å²) in [6, 6.07) is 11.2. The van der Waals surface area contributed by atoms with Gasteiger partial charge in [0.1, 0.15) is 5.82 Å². The third kappa shape index (κ3) is 3.40. The van der Waals surface area contributed by atoms with Gasteiger partial charge >= 0.3 is 0 Å². The maximum absolute atomic E-state index is 13.3. The van der Waals surface area contributed by atoms with Crippen LogP contribution in [0.2, 0.25) is 0 Å². The van der Waals surface area contributed by atoms with Gasteiger partial charge in [-0.3, -0.25) is 4.90 Å². The Balaban J connectivity index is 1.42. The van der Waals surface area contributed by atoms with Crippen LogP contribution in [-0.4, -0.2) is 50.6 Å². The summed E-state index contributed by atoms with van der Waals surface area (Å²) in [5.41, 5.74) is 0.886. The first-order valence-electron chi connectivity index (χ1n) is 8.39. The second-order valence-electron chi connectivity index (χ2n) is 6.33. The van der Waals surface area contributed by atoms with E-state index >= 15 is 0 Å². The van der Waals surface area contributed by atoms with Crippen LogP contribution in [0.15, 0.2) is 47.4 Å². The molecule has 4 rings (SSSR count). The van der Waals surface area contributed by atoms with Crippen molar-refractivity contribution in [3.63, 3.8) is 0 Å². The average molecular weight is 378 g/mol. The van der Waals surface area contributed by atoms with Crippen LogP contribution in [0.5, 0.6) is 11.5 Å². The number of halogens is 1. The first-order chi connectivity index (χ1) is 12.5. The van der Waals surface area contributed by atoms with Gasteiger partial charge in [-0.05, 0) is 29.8 Å². The predicted molar refractivity (Wildman–Crippen MR) is 93.0 cm³/mol. The fourth-order valence-corrected chi connectivity index (χ4v) is 4.65. The van der Waals surface area contributed by atoms with E-state index in [1.54, 1.807) is 18.2 Å². The van der Waals surface area contributed by atoms with Crippen molar-refractivity contribution >= 4 is 10.0 Å². The third-order valence-corrected chi connectivity index (χ3v) is 6.50. The quantitative estimate of drug-likeness (QED) is 0.815. The zero-order valence-corrected chi connectivity index (χ0v) is 14.9. The third-order valence-electron chi connectivity index (χ3n) is 4.61. The smallest absolute Gasteiger partial charge is 0.243 e. The van der Waals surface area contributed by atoms with E-state index in [-0.39, 0.29) is 17.5 Å². The molecule has 0 unspecified atom stereocenters. The van der Waals surface area contributed by atoms with Gasteiger partial charge in [0.05, 0.1) is 4.90 Å². The molecule has 2 aliphatic rings. The summed E-state index contributed by atoms with van der Waals surface area (Å²) in [6.07, 6.45) is 0. The Morgan fingerprint density at radius 2 is 1.73 bits per heavy atom. The van der Waals surface area contributed by atoms with E-state index in [1.165, 1.54) is 22.5 Å². The van der Waals surface area contributed by atoms with Crippen molar-refractivity contribution in [2.45, 2.75) is 11.4 Å². The Hall–Kier alpha value is -2.16. The van der Waals surface area contributed by atoms with E-state index in [9.17, 15) is 12.8 Å². The first-order valence-corrected chi connectivity index (χ1v) is 9.83. The van der Waals surface area contributed by atoms with Crippen LogP contribution in [0.3, 0.4) is 0 Å². The van der Waals surface area contributed by atoms with Crippen molar-refractivity contribution in [3.8, 4) is 11.5 Å². The van der Waals surface area contributed by atoms with Gasteiger partial charge in [-0.2, -0.15) is 4.31 Å². The molecule has 0 bridgehead atoms.